The Morgan fingerprint density at radius 1 is 1.43 bits per heavy atom. The molecule has 1 aromatic rings. The second-order valence-corrected chi connectivity index (χ2v) is 5.98. The molecule has 3 nitrogen and oxygen atoms in total. The smallest absolute Gasteiger partial charge is 0.150 e. The van der Waals surface area contributed by atoms with Crippen molar-refractivity contribution in [2.24, 2.45) is 0 Å². The molecule has 1 unspecified atom stereocenters. The van der Waals surface area contributed by atoms with Gasteiger partial charge in [-0.1, -0.05) is 12.1 Å². The molecule has 1 rings (SSSR count). The Morgan fingerprint density at radius 3 is 2.57 bits per heavy atom. The molecule has 14 heavy (non-hydrogen) atoms. The van der Waals surface area contributed by atoms with Crippen LogP contribution >= 0.6 is 0 Å². The Hall–Kier alpha value is -1.03. The molecule has 0 fully saturated rings. The molecule has 0 heterocycles. The van der Waals surface area contributed by atoms with Crippen LogP contribution in [0.1, 0.15) is 12.5 Å². The van der Waals surface area contributed by atoms with Crippen molar-refractivity contribution in [3.05, 3.63) is 29.8 Å². The molecule has 0 saturated heterocycles. The number of phenols is 1. The average Bonchev–Trinajstić information content (AvgIpc) is 2.02. The van der Waals surface area contributed by atoms with E-state index in [-0.39, 0.29) is 5.75 Å². The monoisotopic (exact) mass is 214 g/mol. The van der Waals surface area contributed by atoms with Crippen LogP contribution in [0.5, 0.6) is 5.75 Å². The van der Waals surface area contributed by atoms with Crippen LogP contribution in [-0.4, -0.2) is 25.0 Å². The van der Waals surface area contributed by atoms with Crippen LogP contribution in [0.25, 0.3) is 0 Å². The van der Waals surface area contributed by atoms with Gasteiger partial charge in [-0.25, -0.2) is 8.42 Å². The Balaban J connectivity index is 2.80. The molecule has 0 aliphatic heterocycles. The van der Waals surface area contributed by atoms with Crippen LogP contribution in [0.3, 0.4) is 0 Å². The van der Waals surface area contributed by atoms with Gasteiger partial charge in [0.25, 0.3) is 0 Å². The molecule has 1 aromatic carbocycles. The lowest BCUT2D eigenvalue weighted by molar-refractivity contribution is 0.474. The summed E-state index contributed by atoms with van der Waals surface area (Å²) in [4.78, 5) is 0. The molecule has 0 aliphatic carbocycles. The quantitative estimate of drug-likeness (QED) is 0.826. The van der Waals surface area contributed by atoms with E-state index in [1.807, 2.05) is 0 Å². The fourth-order valence-electron chi connectivity index (χ4n) is 1.17. The van der Waals surface area contributed by atoms with E-state index in [2.05, 4.69) is 0 Å². The van der Waals surface area contributed by atoms with Crippen molar-refractivity contribution in [3.8, 4) is 5.75 Å². The van der Waals surface area contributed by atoms with Crippen LogP contribution in [0.4, 0.5) is 0 Å². The largest absolute Gasteiger partial charge is 0.508 e. The van der Waals surface area contributed by atoms with Gasteiger partial charge in [-0.15, -0.1) is 0 Å². The van der Waals surface area contributed by atoms with Gasteiger partial charge in [-0.3, -0.25) is 0 Å². The zero-order valence-electron chi connectivity index (χ0n) is 8.27. The highest BCUT2D eigenvalue weighted by Crippen LogP contribution is 2.14. The Bertz CT molecular complexity index is 409. The molecule has 1 atom stereocenters. The fourth-order valence-corrected chi connectivity index (χ4v) is 1.66. The first-order chi connectivity index (χ1) is 6.39. The molecule has 78 valence electrons. The summed E-state index contributed by atoms with van der Waals surface area (Å²) in [6, 6.07) is 6.66. The Kier molecular flexibility index (Phi) is 3.16. The summed E-state index contributed by atoms with van der Waals surface area (Å²) in [6.07, 6.45) is 1.66. The maximum absolute atomic E-state index is 11.2. The molecule has 0 aromatic heterocycles. The predicted octanol–water partition coefficient (Wildman–Crippen LogP) is 1.37. The summed E-state index contributed by atoms with van der Waals surface area (Å²) in [5.41, 5.74) is 0.836. The van der Waals surface area contributed by atoms with Gasteiger partial charge in [0.05, 0.1) is 5.25 Å². The van der Waals surface area contributed by atoms with E-state index in [9.17, 15) is 13.5 Å². The first-order valence-corrected chi connectivity index (χ1v) is 6.32. The molecular weight excluding hydrogens is 200 g/mol. The van der Waals surface area contributed by atoms with E-state index >= 15 is 0 Å². The third kappa shape index (κ3) is 3.03. The minimum Gasteiger partial charge on any atom is -0.508 e. The van der Waals surface area contributed by atoms with E-state index in [0.29, 0.717) is 6.42 Å². The van der Waals surface area contributed by atoms with Crippen LogP contribution in [0.15, 0.2) is 24.3 Å². The predicted molar refractivity (Wildman–Crippen MR) is 56.1 cm³/mol. The molecule has 1 N–H and O–H groups in total. The van der Waals surface area contributed by atoms with E-state index in [1.165, 1.54) is 6.26 Å². The molecule has 0 spiro atoms. The highest BCUT2D eigenvalue weighted by molar-refractivity contribution is 7.91. The Labute approximate surface area is 84.3 Å². The molecular formula is C10H14O3S. The summed E-state index contributed by atoms with van der Waals surface area (Å²) in [5, 5.41) is 8.77. The second-order valence-electron chi connectivity index (χ2n) is 3.51. The lowest BCUT2D eigenvalue weighted by Gasteiger charge is -2.08. The number of benzene rings is 1. The van der Waals surface area contributed by atoms with Gasteiger partial charge in [0.2, 0.25) is 0 Å². The average molecular weight is 214 g/mol. The number of aromatic hydroxyl groups is 1. The Morgan fingerprint density at radius 2 is 2.07 bits per heavy atom. The van der Waals surface area contributed by atoms with Crippen molar-refractivity contribution in [1.82, 2.24) is 0 Å². The van der Waals surface area contributed by atoms with Gasteiger partial charge in [0, 0.05) is 6.26 Å². The van der Waals surface area contributed by atoms with Crippen molar-refractivity contribution in [2.75, 3.05) is 6.26 Å². The summed E-state index contributed by atoms with van der Waals surface area (Å²) < 4.78 is 22.3. The van der Waals surface area contributed by atoms with E-state index in [4.69, 9.17) is 0 Å². The van der Waals surface area contributed by atoms with Gasteiger partial charge < -0.3 is 5.11 Å². The molecule has 0 saturated carbocycles. The molecule has 0 amide bonds. The number of rotatable bonds is 3. The zero-order valence-corrected chi connectivity index (χ0v) is 9.08. The van der Waals surface area contributed by atoms with Gasteiger partial charge in [0.1, 0.15) is 15.6 Å². The van der Waals surface area contributed by atoms with Crippen LogP contribution < -0.4 is 0 Å². The molecule has 0 bridgehead atoms. The lowest BCUT2D eigenvalue weighted by atomic mass is 10.1. The minimum atomic E-state index is -3.00. The second kappa shape index (κ2) is 4.00. The lowest BCUT2D eigenvalue weighted by Crippen LogP contribution is -2.18. The summed E-state index contributed by atoms with van der Waals surface area (Å²) >= 11 is 0. The highest BCUT2D eigenvalue weighted by atomic mass is 32.2. The number of sulfone groups is 1. The third-order valence-corrected chi connectivity index (χ3v) is 3.79. The SMILES string of the molecule is CC(Cc1cccc(O)c1)S(C)(=O)=O. The zero-order chi connectivity index (χ0) is 10.8. The number of phenolic OH excluding ortho intramolecular Hbond substituents is 1. The van der Waals surface area contributed by atoms with Gasteiger partial charge in [-0.2, -0.15) is 0 Å². The fraction of sp³-hybridized carbons (Fsp3) is 0.400. The van der Waals surface area contributed by atoms with Crippen molar-refractivity contribution in [2.45, 2.75) is 18.6 Å². The normalized spacial score (nSPS) is 13.9. The van der Waals surface area contributed by atoms with Gasteiger partial charge >= 0.3 is 0 Å². The summed E-state index contributed by atoms with van der Waals surface area (Å²) in [6.45, 7) is 1.67. The van der Waals surface area contributed by atoms with Crippen molar-refractivity contribution >= 4 is 9.84 Å². The van der Waals surface area contributed by atoms with Crippen LogP contribution in [0.2, 0.25) is 0 Å². The standard InChI is InChI=1S/C10H14O3S/c1-8(14(2,12)13)6-9-4-3-5-10(11)7-9/h3-5,7-8,11H,6H2,1-2H3. The maximum Gasteiger partial charge on any atom is 0.150 e. The maximum atomic E-state index is 11.2. The number of hydrogen-bond acceptors (Lipinski definition) is 3. The first-order valence-electron chi connectivity index (χ1n) is 4.36. The molecule has 0 radical (unpaired) electrons. The summed E-state index contributed by atoms with van der Waals surface area (Å²) in [5.74, 6) is 0.170. The minimum absolute atomic E-state index is 0.170. The van der Waals surface area contributed by atoms with Crippen LogP contribution in [0, 0.1) is 0 Å². The van der Waals surface area contributed by atoms with Crippen molar-refractivity contribution in [3.63, 3.8) is 0 Å². The van der Waals surface area contributed by atoms with E-state index in [0.717, 1.165) is 5.56 Å². The highest BCUT2D eigenvalue weighted by Gasteiger charge is 2.15. The molecule has 4 heteroatoms. The van der Waals surface area contributed by atoms with E-state index in [1.54, 1.807) is 31.2 Å². The van der Waals surface area contributed by atoms with Crippen molar-refractivity contribution in [1.29, 1.82) is 0 Å². The topological polar surface area (TPSA) is 54.4 Å². The number of hydrogen-bond donors (Lipinski definition) is 1. The van der Waals surface area contributed by atoms with Gasteiger partial charge in [-0.05, 0) is 31.0 Å². The van der Waals surface area contributed by atoms with Crippen molar-refractivity contribution < 1.29 is 13.5 Å². The third-order valence-electron chi connectivity index (χ3n) is 2.16. The van der Waals surface area contributed by atoms with Gasteiger partial charge in [0.15, 0.2) is 0 Å². The summed E-state index contributed by atoms with van der Waals surface area (Å²) in [7, 11) is -3.00. The van der Waals surface area contributed by atoms with E-state index < -0.39 is 15.1 Å². The first kappa shape index (κ1) is 11.0. The molecule has 0 aliphatic rings. The van der Waals surface area contributed by atoms with Crippen LogP contribution in [-0.2, 0) is 16.3 Å².